The second kappa shape index (κ2) is 5.59. The summed E-state index contributed by atoms with van der Waals surface area (Å²) < 4.78 is 0. The lowest BCUT2D eigenvalue weighted by Gasteiger charge is -2.19. The Bertz CT molecular complexity index is 383. The molecule has 0 aliphatic rings. The summed E-state index contributed by atoms with van der Waals surface area (Å²) in [7, 11) is 2.14. The van der Waals surface area contributed by atoms with Crippen molar-refractivity contribution in [2.45, 2.75) is 52.0 Å². The number of hydrogen-bond donors (Lipinski definition) is 2. The van der Waals surface area contributed by atoms with Gasteiger partial charge in [0.1, 0.15) is 7.85 Å². The van der Waals surface area contributed by atoms with E-state index in [1.165, 1.54) is 16.7 Å². The second-order valence-corrected chi connectivity index (χ2v) is 5.30. The highest BCUT2D eigenvalue weighted by atomic mass is 16.3. The third-order valence-electron chi connectivity index (χ3n) is 3.28. The van der Waals surface area contributed by atoms with Crippen LogP contribution in [0.5, 0.6) is 0 Å². The highest BCUT2D eigenvalue weighted by Crippen LogP contribution is 2.25. The molecule has 1 aromatic rings. The Hall–Kier alpha value is -0.955. The van der Waals surface area contributed by atoms with Crippen molar-refractivity contribution in [3.05, 3.63) is 28.8 Å². The summed E-state index contributed by atoms with van der Waals surface area (Å²) in [4.78, 5) is 0. The SMILES string of the molecule is BCc1c(CC)ccc(CCC(C)(C)O)c1N. The topological polar surface area (TPSA) is 46.2 Å². The average molecular weight is 233 g/mol. The van der Waals surface area contributed by atoms with E-state index < -0.39 is 5.60 Å². The number of benzene rings is 1. The van der Waals surface area contributed by atoms with Gasteiger partial charge in [-0.15, -0.1) is 0 Å². The van der Waals surface area contributed by atoms with Crippen LogP contribution in [0.4, 0.5) is 5.69 Å². The third-order valence-corrected chi connectivity index (χ3v) is 3.28. The fraction of sp³-hybridized carbons (Fsp3) is 0.571. The van der Waals surface area contributed by atoms with Gasteiger partial charge in [-0.25, -0.2) is 0 Å². The first-order valence-electron chi connectivity index (χ1n) is 6.50. The maximum Gasteiger partial charge on any atom is 0.107 e. The lowest BCUT2D eigenvalue weighted by molar-refractivity contribution is 0.0714. The summed E-state index contributed by atoms with van der Waals surface area (Å²) in [5.41, 5.74) is 10.3. The van der Waals surface area contributed by atoms with Gasteiger partial charge in [-0.1, -0.05) is 25.4 Å². The van der Waals surface area contributed by atoms with E-state index in [2.05, 4.69) is 26.9 Å². The van der Waals surface area contributed by atoms with E-state index in [-0.39, 0.29) is 0 Å². The number of nitrogens with two attached hydrogens (primary N) is 1. The van der Waals surface area contributed by atoms with Crippen LogP contribution in [0, 0.1) is 0 Å². The van der Waals surface area contributed by atoms with Crippen LogP contribution >= 0.6 is 0 Å². The number of hydrogen-bond acceptors (Lipinski definition) is 2. The zero-order valence-corrected chi connectivity index (χ0v) is 11.5. The first kappa shape index (κ1) is 14.1. The van der Waals surface area contributed by atoms with Crippen LogP contribution in [0.15, 0.2) is 12.1 Å². The summed E-state index contributed by atoms with van der Waals surface area (Å²) in [5.74, 6) is 0. The quantitative estimate of drug-likeness (QED) is 0.600. The summed E-state index contributed by atoms with van der Waals surface area (Å²) in [6, 6.07) is 4.29. The molecule has 0 unspecified atom stereocenters. The predicted molar refractivity (Wildman–Crippen MR) is 77.1 cm³/mol. The maximum atomic E-state index is 9.76. The minimum Gasteiger partial charge on any atom is -0.398 e. The summed E-state index contributed by atoms with van der Waals surface area (Å²) in [6.45, 7) is 5.83. The molecule has 0 saturated heterocycles. The monoisotopic (exact) mass is 233 g/mol. The van der Waals surface area contributed by atoms with E-state index in [9.17, 15) is 5.11 Å². The number of aryl methyl sites for hydroxylation is 2. The lowest BCUT2D eigenvalue weighted by Crippen LogP contribution is -2.19. The summed E-state index contributed by atoms with van der Waals surface area (Å²) >= 11 is 0. The molecule has 0 heterocycles. The normalized spacial score (nSPS) is 11.8. The molecule has 0 aliphatic carbocycles. The van der Waals surface area contributed by atoms with Crippen molar-refractivity contribution in [3.8, 4) is 0 Å². The molecule has 0 radical (unpaired) electrons. The van der Waals surface area contributed by atoms with E-state index in [1.807, 2.05) is 13.8 Å². The molecule has 0 atom stereocenters. The number of nitrogen functional groups attached to an aromatic ring is 1. The summed E-state index contributed by atoms with van der Waals surface area (Å²) in [6.07, 6.45) is 3.59. The molecule has 0 fully saturated rings. The number of aliphatic hydroxyl groups is 1. The average Bonchev–Trinajstić information content (AvgIpc) is 2.25. The van der Waals surface area contributed by atoms with E-state index in [0.717, 1.165) is 31.3 Å². The summed E-state index contributed by atoms with van der Waals surface area (Å²) in [5, 5.41) is 9.76. The van der Waals surface area contributed by atoms with Crippen LogP contribution in [0.25, 0.3) is 0 Å². The van der Waals surface area contributed by atoms with Crippen LogP contribution in [-0.4, -0.2) is 18.6 Å². The Morgan fingerprint density at radius 1 is 1.29 bits per heavy atom. The smallest absolute Gasteiger partial charge is 0.107 e. The molecule has 0 aliphatic heterocycles. The van der Waals surface area contributed by atoms with Crippen molar-refractivity contribution in [1.29, 1.82) is 0 Å². The fourth-order valence-electron chi connectivity index (χ4n) is 2.17. The zero-order valence-electron chi connectivity index (χ0n) is 11.5. The molecule has 0 bridgehead atoms. The molecule has 3 heteroatoms. The lowest BCUT2D eigenvalue weighted by atomic mass is 9.87. The molecule has 1 aromatic carbocycles. The first-order chi connectivity index (χ1) is 7.89. The minimum atomic E-state index is -0.623. The van der Waals surface area contributed by atoms with E-state index >= 15 is 0 Å². The van der Waals surface area contributed by atoms with Gasteiger partial charge in [-0.3, -0.25) is 0 Å². The van der Waals surface area contributed by atoms with Crippen LogP contribution in [-0.2, 0) is 19.2 Å². The molecule has 3 N–H and O–H groups in total. The molecule has 0 saturated carbocycles. The van der Waals surface area contributed by atoms with Crippen LogP contribution in [0.2, 0.25) is 0 Å². The maximum absolute atomic E-state index is 9.76. The largest absolute Gasteiger partial charge is 0.398 e. The van der Waals surface area contributed by atoms with Gasteiger partial charge in [0.2, 0.25) is 0 Å². The number of anilines is 1. The third kappa shape index (κ3) is 3.77. The predicted octanol–water partition coefficient (Wildman–Crippen LogP) is 1.67. The van der Waals surface area contributed by atoms with Crippen LogP contribution in [0.1, 0.15) is 43.9 Å². The molecule has 0 amide bonds. The van der Waals surface area contributed by atoms with Gasteiger partial charge in [-0.2, -0.15) is 0 Å². The van der Waals surface area contributed by atoms with Gasteiger partial charge in [0.05, 0.1) is 5.60 Å². The highest BCUT2D eigenvalue weighted by molar-refractivity contribution is 6.09. The minimum absolute atomic E-state index is 0.623. The van der Waals surface area contributed by atoms with Crippen LogP contribution in [0.3, 0.4) is 0 Å². The molecular formula is C14H24BNO. The van der Waals surface area contributed by atoms with Gasteiger partial charge in [0.25, 0.3) is 0 Å². The van der Waals surface area contributed by atoms with Crippen molar-refractivity contribution in [3.63, 3.8) is 0 Å². The van der Waals surface area contributed by atoms with E-state index in [4.69, 9.17) is 5.73 Å². The van der Waals surface area contributed by atoms with Gasteiger partial charge >= 0.3 is 0 Å². The molecule has 94 valence electrons. The Balaban J connectivity index is 2.95. The Labute approximate surface area is 106 Å². The zero-order chi connectivity index (χ0) is 13.1. The van der Waals surface area contributed by atoms with Gasteiger partial charge < -0.3 is 10.8 Å². The number of rotatable bonds is 5. The standard InChI is InChI=1S/C14H24BNO/c1-4-10-5-6-11(7-8-14(2,3)17)13(16)12(10)9-15/h5-6,17H,4,7-9,15-16H2,1-3H3. The molecular weight excluding hydrogens is 209 g/mol. The first-order valence-corrected chi connectivity index (χ1v) is 6.50. The fourth-order valence-corrected chi connectivity index (χ4v) is 2.17. The van der Waals surface area contributed by atoms with Crippen molar-refractivity contribution in [2.24, 2.45) is 0 Å². The molecule has 0 spiro atoms. The molecule has 2 nitrogen and oxygen atoms in total. The van der Waals surface area contributed by atoms with Crippen molar-refractivity contribution >= 4 is 13.5 Å². The van der Waals surface area contributed by atoms with E-state index in [0.29, 0.717) is 0 Å². The van der Waals surface area contributed by atoms with Crippen molar-refractivity contribution < 1.29 is 5.11 Å². The van der Waals surface area contributed by atoms with Crippen molar-refractivity contribution in [1.82, 2.24) is 0 Å². The van der Waals surface area contributed by atoms with Crippen LogP contribution < -0.4 is 5.73 Å². The van der Waals surface area contributed by atoms with Gasteiger partial charge in [0, 0.05) is 5.69 Å². The van der Waals surface area contributed by atoms with E-state index in [1.54, 1.807) is 0 Å². The molecule has 17 heavy (non-hydrogen) atoms. The van der Waals surface area contributed by atoms with Gasteiger partial charge in [0.15, 0.2) is 0 Å². The highest BCUT2D eigenvalue weighted by Gasteiger charge is 2.14. The molecule has 0 aromatic heterocycles. The van der Waals surface area contributed by atoms with Crippen molar-refractivity contribution in [2.75, 3.05) is 5.73 Å². The molecule has 1 rings (SSSR count). The Kier molecular flexibility index (Phi) is 4.64. The Morgan fingerprint density at radius 3 is 2.35 bits per heavy atom. The Morgan fingerprint density at radius 2 is 1.88 bits per heavy atom. The second-order valence-electron chi connectivity index (χ2n) is 5.30. The van der Waals surface area contributed by atoms with Gasteiger partial charge in [-0.05, 0) is 49.8 Å².